The summed E-state index contributed by atoms with van der Waals surface area (Å²) >= 11 is 0. The van der Waals surface area contributed by atoms with E-state index in [1.807, 2.05) is 0 Å². The van der Waals surface area contributed by atoms with Crippen molar-refractivity contribution >= 4 is 41.5 Å². The zero-order valence-corrected chi connectivity index (χ0v) is 32.4. The van der Waals surface area contributed by atoms with Crippen molar-refractivity contribution in [1.29, 1.82) is 0 Å². The van der Waals surface area contributed by atoms with E-state index < -0.39 is 71.8 Å². The van der Waals surface area contributed by atoms with Crippen LogP contribution in [-0.4, -0.2) is 116 Å². The van der Waals surface area contributed by atoms with Crippen molar-refractivity contribution in [3.63, 3.8) is 0 Å². The summed E-state index contributed by atoms with van der Waals surface area (Å²) in [5, 5.41) is 45.8. The number of carboxylic acids is 1. The minimum absolute atomic E-state index is 0.0439. The van der Waals surface area contributed by atoms with E-state index in [0.29, 0.717) is 47.8 Å². The fourth-order valence-corrected chi connectivity index (χ4v) is 6.35. The molecule has 56 heavy (non-hydrogen) atoms. The zero-order chi connectivity index (χ0) is 41.2. The van der Waals surface area contributed by atoms with Gasteiger partial charge in [0, 0.05) is 25.6 Å². The van der Waals surface area contributed by atoms with Crippen LogP contribution in [0.2, 0.25) is 0 Å². The summed E-state index contributed by atoms with van der Waals surface area (Å²) in [4.78, 5) is 80.4. The van der Waals surface area contributed by atoms with Gasteiger partial charge in [0.25, 0.3) is 11.8 Å². The Bertz CT molecular complexity index is 1570. The van der Waals surface area contributed by atoms with E-state index in [0.717, 1.165) is 19.3 Å². The molecule has 0 radical (unpaired) electrons. The molecule has 6 N–H and O–H groups in total. The molecule has 1 aromatic carbocycles. The number of rotatable bonds is 22. The molecule has 2 aliphatic heterocycles. The Labute approximate surface area is 327 Å². The Kier molecular flexibility index (Phi) is 18.7. The lowest BCUT2D eigenvalue weighted by Gasteiger charge is -2.27. The third-order valence-corrected chi connectivity index (χ3v) is 9.76. The predicted octanol–water partition coefficient (Wildman–Crippen LogP) is 3.62. The fraction of sp³-hybridized carbons (Fsp3) is 0.615. The van der Waals surface area contributed by atoms with Gasteiger partial charge in [-0.1, -0.05) is 44.9 Å². The first kappa shape index (κ1) is 45.4. The number of nitrogens with zero attached hydrogens (tertiary/aromatic N) is 3. The molecule has 0 aromatic heterocycles. The highest BCUT2D eigenvalue weighted by atomic mass is 16.5. The number of carbonyl (C=O) groups excluding carboxylic acids is 5. The first-order valence-corrected chi connectivity index (χ1v) is 19.5. The Balaban J connectivity index is 1.63. The Morgan fingerprint density at radius 2 is 1.82 bits per heavy atom. The number of phenols is 1. The first-order chi connectivity index (χ1) is 26.7. The maximum atomic E-state index is 13.7. The normalized spacial score (nSPS) is 19.9. The first-order valence-electron chi connectivity index (χ1n) is 19.5. The second-order valence-electron chi connectivity index (χ2n) is 14.2. The molecule has 1 saturated heterocycles. The number of amides is 4. The standard InChI is InChI=1S/C39H57N5O12/c1-4-31(25(2)35(49)40-28-18-13-16-24-44(54)38(28)51)56-39(52)29(41-36(50)34-26(3)55-37(42-34)27-17-11-12-20-30(27)45)19-14-15-23-43(53)32(46)21-9-7-5-6-8-10-22-33(47)48/h9,11-12,17,20-21,25-26,28-29,31,34,45,53-54H,4-8,10,13-16,18-19,22-24H2,1-3H3,(H,40,49)(H,41,50)(H,47,48)/b21-9-/t25-,26-,28+,29+,31+,34-/m1/s1. The van der Waals surface area contributed by atoms with E-state index in [2.05, 4.69) is 15.6 Å². The van der Waals surface area contributed by atoms with Gasteiger partial charge in [-0.25, -0.2) is 19.9 Å². The highest BCUT2D eigenvalue weighted by Crippen LogP contribution is 2.25. The van der Waals surface area contributed by atoms with E-state index in [9.17, 15) is 44.3 Å². The number of aliphatic imine (C=N–C) groups is 1. The number of carbonyl (C=O) groups is 6. The summed E-state index contributed by atoms with van der Waals surface area (Å²) in [6, 6.07) is 3.15. The van der Waals surface area contributed by atoms with E-state index in [-0.39, 0.29) is 56.8 Å². The molecular formula is C39H57N5O12. The smallest absolute Gasteiger partial charge is 0.328 e. The Morgan fingerprint density at radius 3 is 2.54 bits per heavy atom. The van der Waals surface area contributed by atoms with Crippen molar-refractivity contribution in [1.82, 2.24) is 20.8 Å². The van der Waals surface area contributed by atoms with Crippen LogP contribution in [0, 0.1) is 5.92 Å². The highest BCUT2D eigenvalue weighted by molar-refractivity contribution is 6.01. The lowest BCUT2D eigenvalue weighted by molar-refractivity contribution is -0.167. The van der Waals surface area contributed by atoms with E-state index in [1.54, 1.807) is 45.0 Å². The molecular weight excluding hydrogens is 730 g/mol. The summed E-state index contributed by atoms with van der Waals surface area (Å²) in [6.07, 6.45) is 7.27. The average molecular weight is 788 g/mol. The predicted molar refractivity (Wildman–Crippen MR) is 201 cm³/mol. The third kappa shape index (κ3) is 14.2. The number of ether oxygens (including phenoxy) is 2. The van der Waals surface area contributed by atoms with Gasteiger partial charge < -0.3 is 30.3 Å². The van der Waals surface area contributed by atoms with Gasteiger partial charge in [0.2, 0.25) is 17.7 Å². The van der Waals surface area contributed by atoms with Gasteiger partial charge in [0.15, 0.2) is 6.04 Å². The van der Waals surface area contributed by atoms with Gasteiger partial charge in [-0.2, -0.15) is 0 Å². The number of hydrogen-bond donors (Lipinski definition) is 6. The number of phenolic OH excluding ortho intramolecular Hbond substituents is 1. The number of hydrogen-bond acceptors (Lipinski definition) is 12. The molecule has 0 bridgehead atoms. The van der Waals surface area contributed by atoms with E-state index in [4.69, 9.17) is 14.6 Å². The summed E-state index contributed by atoms with van der Waals surface area (Å²) in [6.45, 7) is 5.01. The minimum Gasteiger partial charge on any atom is -0.507 e. The molecule has 310 valence electrons. The van der Waals surface area contributed by atoms with Crippen LogP contribution in [0.3, 0.4) is 0 Å². The quantitative estimate of drug-likeness (QED) is 0.0325. The second kappa shape index (κ2) is 23.1. The topological polar surface area (TPSA) is 245 Å². The van der Waals surface area contributed by atoms with Crippen molar-refractivity contribution < 1.29 is 58.9 Å². The van der Waals surface area contributed by atoms with Crippen LogP contribution in [-0.2, 0) is 38.2 Å². The van der Waals surface area contributed by atoms with Crippen molar-refractivity contribution in [2.24, 2.45) is 10.9 Å². The lowest BCUT2D eigenvalue weighted by Crippen LogP contribution is -2.51. The molecule has 17 nitrogen and oxygen atoms in total. The van der Waals surface area contributed by atoms with Crippen molar-refractivity contribution in [2.75, 3.05) is 13.1 Å². The number of unbranched alkanes of at least 4 members (excludes halogenated alkanes) is 5. The van der Waals surface area contributed by atoms with Gasteiger partial charge in [-0.05, 0) is 83.3 Å². The Hall–Kier alpha value is -5.03. The summed E-state index contributed by atoms with van der Waals surface area (Å²) in [5.41, 5.74) is 0.298. The molecule has 3 rings (SSSR count). The van der Waals surface area contributed by atoms with Crippen LogP contribution >= 0.6 is 0 Å². The SMILES string of the molecule is CC[C@H](OC(=O)[C@H](CCCCN(O)C(=O)/C=C\CCCCCCC(=O)O)NC(=O)[C@@H]1N=C(c2ccccc2O)O[C@@H]1C)[C@@H](C)C(=O)N[C@H]1CCCCN(O)C1=O. The lowest BCUT2D eigenvalue weighted by atomic mass is 10.00. The average Bonchev–Trinajstić information content (AvgIpc) is 3.49. The van der Waals surface area contributed by atoms with Gasteiger partial charge >= 0.3 is 11.9 Å². The molecule has 1 fully saturated rings. The van der Waals surface area contributed by atoms with Crippen molar-refractivity contribution in [2.45, 2.75) is 135 Å². The van der Waals surface area contributed by atoms with Gasteiger partial charge in [0.1, 0.15) is 30.0 Å². The summed E-state index contributed by atoms with van der Waals surface area (Å²) < 4.78 is 11.6. The highest BCUT2D eigenvalue weighted by Gasteiger charge is 2.38. The zero-order valence-electron chi connectivity index (χ0n) is 32.4. The molecule has 1 aromatic rings. The fourth-order valence-electron chi connectivity index (χ4n) is 6.35. The van der Waals surface area contributed by atoms with Gasteiger partial charge in [0.05, 0.1) is 11.5 Å². The number of para-hydroxylation sites is 1. The summed E-state index contributed by atoms with van der Waals surface area (Å²) in [7, 11) is 0. The number of carboxylic acid groups (broad SMARTS) is 1. The molecule has 0 saturated carbocycles. The number of benzene rings is 1. The third-order valence-electron chi connectivity index (χ3n) is 9.76. The molecule has 17 heteroatoms. The number of hydroxylamine groups is 4. The number of aliphatic carboxylic acids is 1. The van der Waals surface area contributed by atoms with Gasteiger partial charge in [-0.15, -0.1) is 0 Å². The van der Waals surface area contributed by atoms with Crippen LogP contribution in [0.5, 0.6) is 5.75 Å². The van der Waals surface area contributed by atoms with E-state index in [1.165, 1.54) is 12.1 Å². The minimum atomic E-state index is -1.21. The maximum absolute atomic E-state index is 13.7. The van der Waals surface area contributed by atoms with Crippen molar-refractivity contribution in [3.05, 3.63) is 42.0 Å². The van der Waals surface area contributed by atoms with Crippen LogP contribution in [0.15, 0.2) is 41.4 Å². The molecule has 4 amide bonds. The van der Waals surface area contributed by atoms with Gasteiger partial charge in [-0.3, -0.25) is 34.4 Å². The molecule has 0 unspecified atom stereocenters. The Morgan fingerprint density at radius 1 is 1.09 bits per heavy atom. The van der Waals surface area contributed by atoms with Crippen LogP contribution in [0.1, 0.15) is 110 Å². The summed E-state index contributed by atoms with van der Waals surface area (Å²) in [5.74, 6) is -4.99. The number of aromatic hydroxyl groups is 1. The number of esters is 1. The molecule has 6 atom stereocenters. The van der Waals surface area contributed by atoms with Crippen LogP contribution in [0.25, 0.3) is 0 Å². The van der Waals surface area contributed by atoms with E-state index >= 15 is 0 Å². The van der Waals surface area contributed by atoms with Crippen LogP contribution in [0.4, 0.5) is 0 Å². The van der Waals surface area contributed by atoms with Crippen LogP contribution < -0.4 is 10.6 Å². The number of nitrogens with one attached hydrogen (secondary N) is 2. The largest absolute Gasteiger partial charge is 0.507 e. The molecule has 0 spiro atoms. The molecule has 0 aliphatic carbocycles. The number of allylic oxidation sites excluding steroid dienone is 1. The molecule has 2 aliphatic rings. The maximum Gasteiger partial charge on any atom is 0.328 e. The monoisotopic (exact) mass is 787 g/mol. The van der Waals surface area contributed by atoms with Crippen molar-refractivity contribution in [3.8, 4) is 5.75 Å². The second-order valence-corrected chi connectivity index (χ2v) is 14.2. The molecule has 2 heterocycles.